The summed E-state index contributed by atoms with van der Waals surface area (Å²) >= 11 is 0. The lowest BCUT2D eigenvalue weighted by atomic mass is 10.0. The van der Waals surface area contributed by atoms with Crippen LogP contribution in [0.4, 0.5) is 0 Å². The van der Waals surface area contributed by atoms with E-state index in [0.29, 0.717) is 0 Å². The van der Waals surface area contributed by atoms with Crippen LogP contribution in [-0.2, 0) is 18.9 Å². The normalized spacial score (nSPS) is 15.6. The van der Waals surface area contributed by atoms with Crippen LogP contribution in [0.2, 0.25) is 0 Å². The third-order valence-corrected chi connectivity index (χ3v) is 2.76. The molecule has 77 valence electrons. The van der Waals surface area contributed by atoms with Gasteiger partial charge >= 0.3 is 7.60 Å². The van der Waals surface area contributed by atoms with Gasteiger partial charge in [0.15, 0.2) is 6.29 Å². The second-order valence-electron chi connectivity index (χ2n) is 2.56. The summed E-state index contributed by atoms with van der Waals surface area (Å²) < 4.78 is 10.7. The van der Waals surface area contributed by atoms with Crippen molar-refractivity contribution in [2.45, 2.75) is 18.5 Å². The first kappa shape index (κ1) is 13.2. The minimum absolute atomic E-state index is 0.169. The van der Waals surface area contributed by atoms with Gasteiger partial charge in [0.1, 0.15) is 5.66 Å². The van der Waals surface area contributed by atoms with E-state index in [9.17, 15) is 18.9 Å². The van der Waals surface area contributed by atoms with E-state index >= 15 is 0 Å². The van der Waals surface area contributed by atoms with Crippen molar-refractivity contribution >= 4 is 26.5 Å². The van der Waals surface area contributed by atoms with Crippen molar-refractivity contribution in [1.29, 1.82) is 0 Å². The lowest BCUT2D eigenvalue weighted by molar-refractivity contribution is 0.353. The summed E-state index contributed by atoms with van der Waals surface area (Å²) in [4.78, 5) is 47.6. The van der Waals surface area contributed by atoms with Crippen LogP contribution in [0.1, 0.15) is 12.8 Å². The molecule has 0 saturated heterocycles. The second kappa shape index (κ2) is 5.80. The zero-order valence-corrected chi connectivity index (χ0v) is 7.94. The molecule has 0 aliphatic carbocycles. The van der Waals surface area contributed by atoms with E-state index in [-0.39, 0.29) is 12.8 Å². The minimum Gasteiger partial charge on any atom is -0.324 e. The van der Waals surface area contributed by atoms with Gasteiger partial charge in [0.05, 0.1) is 0 Å². The SMILES string of the molecule is O=[C]CCC([C]=O)C([C]=O)P(=O)(O)O. The molecule has 0 aromatic carbocycles. The molecule has 0 rings (SSSR count). The van der Waals surface area contributed by atoms with Crippen molar-refractivity contribution in [1.82, 2.24) is 0 Å². The smallest absolute Gasteiger partial charge is 0.324 e. The monoisotopic (exact) mass is 219 g/mol. The highest BCUT2D eigenvalue weighted by Gasteiger charge is 2.37. The fourth-order valence-electron chi connectivity index (χ4n) is 0.881. The zero-order valence-electron chi connectivity index (χ0n) is 7.04. The molecule has 7 heteroatoms. The topological polar surface area (TPSA) is 109 Å². The van der Waals surface area contributed by atoms with E-state index in [1.54, 1.807) is 0 Å². The predicted molar refractivity (Wildman–Crippen MR) is 45.6 cm³/mol. The summed E-state index contributed by atoms with van der Waals surface area (Å²) in [5, 5.41) is 0. The zero-order chi connectivity index (χ0) is 11.2. The second-order valence-corrected chi connectivity index (χ2v) is 4.29. The van der Waals surface area contributed by atoms with Crippen LogP contribution >= 0.6 is 7.60 Å². The van der Waals surface area contributed by atoms with Crippen molar-refractivity contribution < 1.29 is 28.7 Å². The summed E-state index contributed by atoms with van der Waals surface area (Å²) in [6.45, 7) is 0. The van der Waals surface area contributed by atoms with E-state index in [4.69, 9.17) is 9.79 Å². The lowest BCUT2D eigenvalue weighted by Crippen LogP contribution is -2.23. The van der Waals surface area contributed by atoms with Crippen molar-refractivity contribution in [2.24, 2.45) is 5.92 Å². The van der Waals surface area contributed by atoms with Gasteiger partial charge in [-0.2, -0.15) is 0 Å². The van der Waals surface area contributed by atoms with E-state index in [1.807, 2.05) is 0 Å². The molecule has 0 aromatic rings. The van der Waals surface area contributed by atoms with Crippen LogP contribution < -0.4 is 0 Å². The Morgan fingerprint density at radius 1 is 1.14 bits per heavy atom. The summed E-state index contributed by atoms with van der Waals surface area (Å²) in [5.74, 6) is -1.31. The van der Waals surface area contributed by atoms with Crippen molar-refractivity contribution in [2.75, 3.05) is 0 Å². The van der Waals surface area contributed by atoms with Crippen LogP contribution in [0.3, 0.4) is 0 Å². The van der Waals surface area contributed by atoms with Crippen LogP contribution in [0, 0.1) is 5.92 Å². The molecule has 3 radical (unpaired) electrons. The Morgan fingerprint density at radius 3 is 2.00 bits per heavy atom. The summed E-state index contributed by atoms with van der Waals surface area (Å²) in [6.07, 6.45) is 3.51. The van der Waals surface area contributed by atoms with E-state index in [0.717, 1.165) is 6.29 Å². The number of hydrogen-bond acceptors (Lipinski definition) is 4. The maximum Gasteiger partial charge on any atom is 0.337 e. The maximum absolute atomic E-state index is 10.7. The molecule has 0 heterocycles. The molecule has 2 N–H and O–H groups in total. The highest BCUT2D eigenvalue weighted by atomic mass is 31.2. The van der Waals surface area contributed by atoms with Crippen LogP contribution in [0.15, 0.2) is 0 Å². The molecule has 2 atom stereocenters. The molecular formula is C7H8O6P. The molecule has 0 aliphatic rings. The van der Waals surface area contributed by atoms with Gasteiger partial charge in [-0.25, -0.2) is 0 Å². The Hall–Kier alpha value is -0.840. The maximum atomic E-state index is 10.7. The third kappa shape index (κ3) is 3.91. The average molecular weight is 219 g/mol. The molecule has 0 aromatic heterocycles. The van der Waals surface area contributed by atoms with Gasteiger partial charge in [-0.3, -0.25) is 18.9 Å². The van der Waals surface area contributed by atoms with Gasteiger partial charge in [-0.05, 0) is 6.42 Å². The van der Waals surface area contributed by atoms with Gasteiger partial charge in [0.2, 0.25) is 12.6 Å². The molecule has 0 spiro atoms. The van der Waals surface area contributed by atoms with Gasteiger partial charge in [-0.1, -0.05) is 0 Å². The van der Waals surface area contributed by atoms with Gasteiger partial charge in [0.25, 0.3) is 0 Å². The highest BCUT2D eigenvalue weighted by Crippen LogP contribution is 2.44. The number of carbonyl (C=O) groups excluding carboxylic acids is 3. The molecule has 0 aliphatic heterocycles. The van der Waals surface area contributed by atoms with Gasteiger partial charge < -0.3 is 9.79 Å². The average Bonchev–Trinajstić information content (AvgIpc) is 2.09. The van der Waals surface area contributed by atoms with Crippen molar-refractivity contribution in [3.8, 4) is 0 Å². The standard InChI is InChI=1S/C7H8O6P/c8-3-1-2-6(4-9)7(5-10)14(11,12)13/h6-7H,1-2H2,(H2,11,12,13). The molecule has 0 bridgehead atoms. The fourth-order valence-corrected chi connectivity index (χ4v) is 1.70. The predicted octanol–water partition coefficient (Wildman–Crippen LogP) is -0.742. The first-order chi connectivity index (χ1) is 6.47. The molecule has 14 heavy (non-hydrogen) atoms. The minimum atomic E-state index is -4.70. The summed E-state index contributed by atoms with van der Waals surface area (Å²) in [6, 6.07) is 0. The number of rotatable bonds is 7. The Morgan fingerprint density at radius 2 is 1.71 bits per heavy atom. The first-order valence-corrected chi connectivity index (χ1v) is 5.31. The quantitative estimate of drug-likeness (QED) is 0.545. The van der Waals surface area contributed by atoms with E-state index < -0.39 is 19.2 Å². The van der Waals surface area contributed by atoms with Crippen molar-refractivity contribution in [3.05, 3.63) is 0 Å². The summed E-state index contributed by atoms with van der Waals surface area (Å²) in [7, 11) is -4.70. The lowest BCUT2D eigenvalue weighted by Gasteiger charge is -2.15. The van der Waals surface area contributed by atoms with Crippen molar-refractivity contribution in [3.63, 3.8) is 0 Å². The van der Waals surface area contributed by atoms with Crippen LogP contribution in [0.25, 0.3) is 0 Å². The Kier molecular flexibility index (Phi) is 5.45. The summed E-state index contributed by atoms with van der Waals surface area (Å²) in [5.41, 5.74) is -1.84. The highest BCUT2D eigenvalue weighted by molar-refractivity contribution is 7.53. The van der Waals surface area contributed by atoms with E-state index in [1.165, 1.54) is 12.6 Å². The molecule has 6 nitrogen and oxygen atoms in total. The van der Waals surface area contributed by atoms with Crippen LogP contribution in [0.5, 0.6) is 0 Å². The molecule has 0 fully saturated rings. The van der Waals surface area contributed by atoms with Crippen LogP contribution in [-0.4, -0.2) is 34.3 Å². The Balaban J connectivity index is 4.61. The molecule has 0 saturated carbocycles. The fraction of sp³-hybridized carbons (Fsp3) is 0.571. The molecule has 0 amide bonds. The Labute approximate surface area is 80.5 Å². The number of hydrogen-bond donors (Lipinski definition) is 2. The van der Waals surface area contributed by atoms with E-state index in [2.05, 4.69) is 0 Å². The molecule has 2 unspecified atom stereocenters. The van der Waals surface area contributed by atoms with Gasteiger partial charge in [0, 0.05) is 12.3 Å². The third-order valence-electron chi connectivity index (χ3n) is 1.57. The first-order valence-electron chi connectivity index (χ1n) is 3.63. The molecular weight excluding hydrogens is 211 g/mol. The van der Waals surface area contributed by atoms with Gasteiger partial charge in [-0.15, -0.1) is 0 Å². The largest absolute Gasteiger partial charge is 0.337 e. The Bertz CT molecular complexity index is 257.